The number of nitrogens with zero attached hydrogens (tertiary/aromatic N) is 1. The van der Waals surface area contributed by atoms with Crippen LogP contribution in [0.25, 0.3) is 10.9 Å². The average Bonchev–Trinajstić information content (AvgIpc) is 3.06. The molecule has 0 aliphatic heterocycles. The van der Waals surface area contributed by atoms with Crippen molar-refractivity contribution in [1.82, 2.24) is 9.88 Å². The van der Waals surface area contributed by atoms with Crippen LogP contribution < -0.4 is 5.32 Å². The van der Waals surface area contributed by atoms with Crippen molar-refractivity contribution in [3.63, 3.8) is 0 Å². The molecule has 3 rings (SSSR count). The monoisotopic (exact) mass is 416 g/mol. The Balaban J connectivity index is 1.85. The molecule has 0 unspecified atom stereocenters. The van der Waals surface area contributed by atoms with E-state index >= 15 is 0 Å². The molecule has 0 aliphatic carbocycles. The van der Waals surface area contributed by atoms with Crippen molar-refractivity contribution >= 4 is 26.6 Å². The molecule has 154 valence electrons. The molecule has 7 heteroatoms. The molecule has 0 bridgehead atoms. The standard InChI is InChI=1S/C22H25FN2O3S/c1-2-3-6-13-24-22(26)15-25-14-21(19-7-4-5-8-20(19)25)29(27,28)16-17-9-11-18(23)12-10-17/h4-5,7-12,14H,2-3,6,13,15-16H2,1H3,(H,24,26). The van der Waals surface area contributed by atoms with E-state index in [1.165, 1.54) is 30.5 Å². The number of para-hydroxylation sites is 1. The van der Waals surface area contributed by atoms with Crippen LogP contribution in [0, 0.1) is 5.82 Å². The number of aromatic nitrogens is 1. The topological polar surface area (TPSA) is 68.2 Å². The van der Waals surface area contributed by atoms with Crippen molar-refractivity contribution in [2.24, 2.45) is 0 Å². The number of amides is 1. The molecular formula is C22H25FN2O3S. The van der Waals surface area contributed by atoms with Gasteiger partial charge in [-0.3, -0.25) is 4.79 Å². The molecule has 0 aliphatic rings. The van der Waals surface area contributed by atoms with Gasteiger partial charge in [0.1, 0.15) is 12.4 Å². The predicted octanol–water partition coefficient (Wildman–Crippen LogP) is 4.06. The van der Waals surface area contributed by atoms with Gasteiger partial charge in [-0.1, -0.05) is 50.1 Å². The highest BCUT2D eigenvalue weighted by Crippen LogP contribution is 2.28. The molecule has 1 aromatic heterocycles. The van der Waals surface area contributed by atoms with Gasteiger partial charge >= 0.3 is 0 Å². The fourth-order valence-electron chi connectivity index (χ4n) is 3.28. The lowest BCUT2D eigenvalue weighted by Crippen LogP contribution is -2.28. The fourth-order valence-corrected chi connectivity index (χ4v) is 4.87. The summed E-state index contributed by atoms with van der Waals surface area (Å²) >= 11 is 0. The van der Waals surface area contributed by atoms with Gasteiger partial charge in [0.2, 0.25) is 5.91 Å². The number of benzene rings is 2. The number of carbonyl (C=O) groups is 1. The fraction of sp³-hybridized carbons (Fsp3) is 0.318. The Morgan fingerprint density at radius 1 is 1.07 bits per heavy atom. The lowest BCUT2D eigenvalue weighted by molar-refractivity contribution is -0.121. The summed E-state index contributed by atoms with van der Waals surface area (Å²) in [6.07, 6.45) is 4.58. The Morgan fingerprint density at radius 3 is 2.52 bits per heavy atom. The Morgan fingerprint density at radius 2 is 1.79 bits per heavy atom. The highest BCUT2D eigenvalue weighted by Gasteiger charge is 2.22. The first-order valence-corrected chi connectivity index (χ1v) is 11.4. The van der Waals surface area contributed by atoms with Gasteiger partial charge in [0, 0.05) is 23.6 Å². The third kappa shape index (κ3) is 5.23. The van der Waals surface area contributed by atoms with Gasteiger partial charge in [0.25, 0.3) is 0 Å². The van der Waals surface area contributed by atoms with Gasteiger partial charge in [-0.05, 0) is 30.2 Å². The zero-order chi connectivity index (χ0) is 20.9. The van der Waals surface area contributed by atoms with E-state index in [4.69, 9.17) is 0 Å². The van der Waals surface area contributed by atoms with Crippen LogP contribution in [0.2, 0.25) is 0 Å². The van der Waals surface area contributed by atoms with E-state index in [9.17, 15) is 17.6 Å². The molecule has 29 heavy (non-hydrogen) atoms. The molecule has 0 saturated carbocycles. The lowest BCUT2D eigenvalue weighted by atomic mass is 10.2. The molecule has 0 atom stereocenters. The molecular weight excluding hydrogens is 391 g/mol. The third-order valence-electron chi connectivity index (χ3n) is 4.77. The van der Waals surface area contributed by atoms with Crippen molar-refractivity contribution in [3.05, 3.63) is 66.1 Å². The van der Waals surface area contributed by atoms with Crippen LogP contribution in [0.3, 0.4) is 0 Å². The average molecular weight is 417 g/mol. The predicted molar refractivity (Wildman–Crippen MR) is 112 cm³/mol. The molecule has 1 N–H and O–H groups in total. The van der Waals surface area contributed by atoms with Gasteiger partial charge in [0.05, 0.1) is 10.6 Å². The van der Waals surface area contributed by atoms with E-state index in [1.54, 1.807) is 22.8 Å². The summed E-state index contributed by atoms with van der Waals surface area (Å²) in [5.41, 5.74) is 1.20. The highest BCUT2D eigenvalue weighted by atomic mass is 32.2. The summed E-state index contributed by atoms with van der Waals surface area (Å²) in [4.78, 5) is 12.5. The number of fused-ring (bicyclic) bond motifs is 1. The summed E-state index contributed by atoms with van der Waals surface area (Å²) in [7, 11) is -3.67. The summed E-state index contributed by atoms with van der Waals surface area (Å²) < 4.78 is 40.9. The first kappa shape index (κ1) is 21.0. The minimum atomic E-state index is -3.67. The van der Waals surface area contributed by atoms with Crippen molar-refractivity contribution in [2.75, 3.05) is 6.54 Å². The molecule has 0 radical (unpaired) electrons. The van der Waals surface area contributed by atoms with E-state index in [0.29, 0.717) is 23.0 Å². The number of halogens is 1. The second-order valence-corrected chi connectivity index (χ2v) is 9.04. The van der Waals surface area contributed by atoms with Crippen molar-refractivity contribution in [1.29, 1.82) is 0 Å². The van der Waals surface area contributed by atoms with E-state index in [-0.39, 0.29) is 23.1 Å². The normalized spacial score (nSPS) is 11.7. The second kappa shape index (κ2) is 9.22. The van der Waals surface area contributed by atoms with Crippen molar-refractivity contribution in [3.8, 4) is 0 Å². The van der Waals surface area contributed by atoms with E-state index in [0.717, 1.165) is 19.3 Å². The summed E-state index contributed by atoms with van der Waals surface area (Å²) in [6.45, 7) is 2.77. The first-order valence-electron chi connectivity index (χ1n) is 9.72. The quantitative estimate of drug-likeness (QED) is 0.535. The van der Waals surface area contributed by atoms with Gasteiger partial charge in [-0.2, -0.15) is 0 Å². The van der Waals surface area contributed by atoms with Crippen molar-refractivity contribution in [2.45, 2.75) is 43.4 Å². The first-order chi connectivity index (χ1) is 13.9. The number of nitrogens with one attached hydrogen (secondary N) is 1. The smallest absolute Gasteiger partial charge is 0.239 e. The van der Waals surface area contributed by atoms with E-state index in [2.05, 4.69) is 12.2 Å². The van der Waals surface area contributed by atoms with Crippen LogP contribution >= 0.6 is 0 Å². The highest BCUT2D eigenvalue weighted by molar-refractivity contribution is 7.90. The maximum Gasteiger partial charge on any atom is 0.239 e. The number of hydrogen-bond donors (Lipinski definition) is 1. The SMILES string of the molecule is CCCCCNC(=O)Cn1cc(S(=O)(=O)Cc2ccc(F)cc2)c2ccccc21. The maximum atomic E-state index is 13.1. The summed E-state index contributed by atoms with van der Waals surface area (Å²) in [5, 5.41) is 3.46. The number of sulfone groups is 1. The molecule has 0 saturated heterocycles. The minimum Gasteiger partial charge on any atom is -0.355 e. The molecule has 1 heterocycles. The molecule has 5 nitrogen and oxygen atoms in total. The number of unbranched alkanes of at least 4 members (excludes halogenated alkanes) is 2. The Hall–Kier alpha value is -2.67. The molecule has 0 fully saturated rings. The van der Waals surface area contributed by atoms with Gasteiger partial charge < -0.3 is 9.88 Å². The summed E-state index contributed by atoms with van der Waals surface area (Å²) in [5.74, 6) is -0.790. The third-order valence-corrected chi connectivity index (χ3v) is 6.48. The van der Waals surface area contributed by atoms with Gasteiger partial charge in [0.15, 0.2) is 9.84 Å². The van der Waals surface area contributed by atoms with E-state index in [1.807, 2.05) is 6.07 Å². The van der Waals surface area contributed by atoms with Crippen LogP contribution in [-0.4, -0.2) is 25.4 Å². The number of hydrogen-bond acceptors (Lipinski definition) is 3. The second-order valence-electron chi connectivity index (χ2n) is 7.08. The number of carbonyl (C=O) groups excluding carboxylic acids is 1. The van der Waals surface area contributed by atoms with Crippen LogP contribution in [0.5, 0.6) is 0 Å². The minimum absolute atomic E-state index is 0.0543. The largest absolute Gasteiger partial charge is 0.355 e. The molecule has 2 aromatic carbocycles. The van der Waals surface area contributed by atoms with Crippen LogP contribution in [-0.2, 0) is 26.9 Å². The van der Waals surface area contributed by atoms with Crippen LogP contribution in [0.4, 0.5) is 4.39 Å². The molecule has 0 spiro atoms. The zero-order valence-electron chi connectivity index (χ0n) is 16.4. The Bertz CT molecular complexity index is 1090. The van der Waals surface area contributed by atoms with Gasteiger partial charge in [-0.25, -0.2) is 12.8 Å². The Kier molecular flexibility index (Phi) is 6.69. The van der Waals surface area contributed by atoms with Gasteiger partial charge in [-0.15, -0.1) is 0 Å². The Labute approximate surface area is 170 Å². The zero-order valence-corrected chi connectivity index (χ0v) is 17.2. The van der Waals surface area contributed by atoms with Crippen LogP contribution in [0.1, 0.15) is 31.7 Å². The lowest BCUT2D eigenvalue weighted by Gasteiger charge is -2.07. The maximum absolute atomic E-state index is 13.1. The number of rotatable bonds is 9. The van der Waals surface area contributed by atoms with Crippen molar-refractivity contribution < 1.29 is 17.6 Å². The van der Waals surface area contributed by atoms with E-state index < -0.39 is 15.7 Å². The van der Waals surface area contributed by atoms with Crippen LogP contribution in [0.15, 0.2) is 59.6 Å². The molecule has 1 amide bonds. The summed E-state index contributed by atoms with van der Waals surface area (Å²) in [6, 6.07) is 12.6. The molecule has 3 aromatic rings.